The van der Waals surface area contributed by atoms with Crippen molar-refractivity contribution in [1.82, 2.24) is 20.2 Å². The number of esters is 1. The summed E-state index contributed by atoms with van der Waals surface area (Å²) in [5, 5.41) is 13.8. The van der Waals surface area contributed by atoms with E-state index in [0.29, 0.717) is 5.95 Å². The van der Waals surface area contributed by atoms with Gasteiger partial charge in [0.15, 0.2) is 0 Å². The first-order valence-corrected chi connectivity index (χ1v) is 4.63. The molecule has 0 saturated carbocycles. The smallest absolute Gasteiger partial charge is 0.328 e. The molecule has 0 fully saturated rings. The van der Waals surface area contributed by atoms with Crippen LogP contribution in [0.5, 0.6) is 0 Å². The van der Waals surface area contributed by atoms with E-state index in [9.17, 15) is 4.79 Å². The third kappa shape index (κ3) is 2.64. The number of tetrazole rings is 1. The van der Waals surface area contributed by atoms with Gasteiger partial charge in [-0.25, -0.2) is 9.48 Å². The van der Waals surface area contributed by atoms with E-state index in [2.05, 4.69) is 25.6 Å². The lowest BCUT2D eigenvalue weighted by atomic mass is 10.1. The minimum absolute atomic E-state index is 0.0918. The minimum Gasteiger partial charge on any atom is -0.467 e. The number of anilines is 1. The SMILES string of the molecule is COC(=O)C(Nc1nnnn1C)C(C)C. The highest BCUT2D eigenvalue weighted by atomic mass is 16.5. The predicted octanol–water partition coefficient (Wildman–Crippen LogP) is -0.180. The van der Waals surface area contributed by atoms with E-state index in [4.69, 9.17) is 0 Å². The van der Waals surface area contributed by atoms with E-state index in [1.807, 2.05) is 13.8 Å². The van der Waals surface area contributed by atoms with E-state index in [1.165, 1.54) is 11.8 Å². The van der Waals surface area contributed by atoms with Crippen molar-refractivity contribution in [2.75, 3.05) is 12.4 Å². The Morgan fingerprint density at radius 3 is 2.60 bits per heavy atom. The van der Waals surface area contributed by atoms with Crippen LogP contribution in [0.1, 0.15) is 13.8 Å². The summed E-state index contributed by atoms with van der Waals surface area (Å²) in [6.07, 6.45) is 0. The predicted molar refractivity (Wildman–Crippen MR) is 53.1 cm³/mol. The number of nitrogens with one attached hydrogen (secondary N) is 1. The summed E-state index contributed by atoms with van der Waals surface area (Å²) in [7, 11) is 3.05. The van der Waals surface area contributed by atoms with Crippen molar-refractivity contribution in [3.05, 3.63) is 0 Å². The molecule has 0 aliphatic heterocycles. The van der Waals surface area contributed by atoms with Crippen LogP contribution >= 0.6 is 0 Å². The van der Waals surface area contributed by atoms with Crippen LogP contribution in [-0.4, -0.2) is 39.3 Å². The number of hydrogen-bond acceptors (Lipinski definition) is 6. The molecule has 1 atom stereocenters. The van der Waals surface area contributed by atoms with Gasteiger partial charge in [0.05, 0.1) is 7.11 Å². The molecule has 7 heteroatoms. The summed E-state index contributed by atoms with van der Waals surface area (Å²) in [5.74, 6) is 0.209. The number of nitrogens with zero attached hydrogens (tertiary/aromatic N) is 4. The molecule has 1 heterocycles. The van der Waals surface area contributed by atoms with Crippen molar-refractivity contribution in [1.29, 1.82) is 0 Å². The lowest BCUT2D eigenvalue weighted by molar-refractivity contribution is -0.142. The molecule has 0 spiro atoms. The summed E-state index contributed by atoms with van der Waals surface area (Å²) < 4.78 is 6.14. The number of rotatable bonds is 4. The zero-order valence-electron chi connectivity index (χ0n) is 9.26. The molecule has 1 rings (SSSR count). The van der Waals surface area contributed by atoms with Gasteiger partial charge in [-0.2, -0.15) is 0 Å². The van der Waals surface area contributed by atoms with Crippen molar-refractivity contribution >= 4 is 11.9 Å². The van der Waals surface area contributed by atoms with Gasteiger partial charge in [0.2, 0.25) is 5.95 Å². The minimum atomic E-state index is -0.445. The topological polar surface area (TPSA) is 81.9 Å². The highest BCUT2D eigenvalue weighted by Gasteiger charge is 2.24. The summed E-state index contributed by atoms with van der Waals surface area (Å²) >= 11 is 0. The summed E-state index contributed by atoms with van der Waals surface area (Å²) in [5.41, 5.74) is 0. The molecule has 0 amide bonds. The first-order chi connectivity index (χ1) is 7.06. The Bertz CT molecular complexity index is 336. The number of carbonyl (C=O) groups excluding carboxylic acids is 1. The van der Waals surface area contributed by atoms with Crippen LogP contribution in [0.25, 0.3) is 0 Å². The van der Waals surface area contributed by atoms with Gasteiger partial charge in [0.25, 0.3) is 0 Å². The Morgan fingerprint density at radius 1 is 1.53 bits per heavy atom. The third-order valence-corrected chi connectivity index (χ3v) is 2.03. The normalized spacial score (nSPS) is 12.6. The van der Waals surface area contributed by atoms with Gasteiger partial charge in [-0.1, -0.05) is 18.9 Å². The fourth-order valence-electron chi connectivity index (χ4n) is 1.12. The maximum atomic E-state index is 11.4. The Hall–Kier alpha value is -1.66. The van der Waals surface area contributed by atoms with E-state index >= 15 is 0 Å². The van der Waals surface area contributed by atoms with Crippen molar-refractivity contribution in [2.24, 2.45) is 13.0 Å². The molecule has 15 heavy (non-hydrogen) atoms. The number of aromatic nitrogens is 4. The van der Waals surface area contributed by atoms with Gasteiger partial charge in [-0.15, -0.1) is 0 Å². The highest BCUT2D eigenvalue weighted by molar-refractivity contribution is 5.78. The summed E-state index contributed by atoms with van der Waals surface area (Å²) in [6, 6.07) is -0.445. The lowest BCUT2D eigenvalue weighted by Gasteiger charge is -2.19. The lowest BCUT2D eigenvalue weighted by Crippen LogP contribution is -2.36. The molecule has 1 aromatic heterocycles. The maximum Gasteiger partial charge on any atom is 0.328 e. The number of carbonyl (C=O) groups is 1. The van der Waals surface area contributed by atoms with Gasteiger partial charge < -0.3 is 10.1 Å². The van der Waals surface area contributed by atoms with Crippen LogP contribution in [0, 0.1) is 5.92 Å². The molecule has 7 nitrogen and oxygen atoms in total. The van der Waals surface area contributed by atoms with Crippen LogP contribution in [0.3, 0.4) is 0 Å². The Labute approximate surface area is 87.8 Å². The standard InChI is InChI=1S/C8H15N5O2/c1-5(2)6(7(14)15-4)9-8-10-11-12-13(8)3/h5-6H,1-4H3,(H,9,10,12). The molecule has 1 aromatic rings. The Morgan fingerprint density at radius 2 is 2.20 bits per heavy atom. The van der Waals surface area contributed by atoms with E-state index in [-0.39, 0.29) is 11.9 Å². The Balaban J connectivity index is 2.76. The van der Waals surface area contributed by atoms with Crippen LogP contribution in [0.4, 0.5) is 5.95 Å². The molecule has 1 unspecified atom stereocenters. The Kier molecular flexibility index (Phi) is 3.59. The zero-order chi connectivity index (χ0) is 11.4. The molecule has 0 aliphatic rings. The second-order valence-corrected chi connectivity index (χ2v) is 3.52. The average molecular weight is 213 g/mol. The summed E-state index contributed by atoms with van der Waals surface area (Å²) in [6.45, 7) is 3.83. The molecular weight excluding hydrogens is 198 g/mol. The number of ether oxygens (including phenoxy) is 1. The second-order valence-electron chi connectivity index (χ2n) is 3.52. The molecule has 0 bridgehead atoms. The van der Waals surface area contributed by atoms with Gasteiger partial charge >= 0.3 is 5.97 Å². The van der Waals surface area contributed by atoms with Crippen LogP contribution in [0.2, 0.25) is 0 Å². The average Bonchev–Trinajstić information content (AvgIpc) is 2.59. The molecule has 0 radical (unpaired) electrons. The fraction of sp³-hybridized carbons (Fsp3) is 0.750. The van der Waals surface area contributed by atoms with E-state index < -0.39 is 6.04 Å². The molecule has 0 aliphatic carbocycles. The van der Waals surface area contributed by atoms with Gasteiger partial charge in [-0.05, 0) is 16.3 Å². The van der Waals surface area contributed by atoms with E-state index in [0.717, 1.165) is 0 Å². The summed E-state index contributed by atoms with van der Waals surface area (Å²) in [4.78, 5) is 11.4. The van der Waals surface area contributed by atoms with Crippen LogP contribution < -0.4 is 5.32 Å². The van der Waals surface area contributed by atoms with Crippen LogP contribution in [0.15, 0.2) is 0 Å². The first kappa shape index (κ1) is 11.4. The first-order valence-electron chi connectivity index (χ1n) is 4.63. The number of hydrogen-bond donors (Lipinski definition) is 1. The maximum absolute atomic E-state index is 11.4. The van der Waals surface area contributed by atoms with Crippen LogP contribution in [-0.2, 0) is 16.6 Å². The van der Waals surface area contributed by atoms with Gasteiger partial charge in [-0.3, -0.25) is 0 Å². The highest BCUT2D eigenvalue weighted by Crippen LogP contribution is 2.09. The van der Waals surface area contributed by atoms with Gasteiger partial charge in [0.1, 0.15) is 6.04 Å². The quantitative estimate of drug-likeness (QED) is 0.699. The number of methoxy groups -OCH3 is 1. The van der Waals surface area contributed by atoms with Crippen molar-refractivity contribution in [2.45, 2.75) is 19.9 Å². The second kappa shape index (κ2) is 4.72. The molecule has 84 valence electrons. The van der Waals surface area contributed by atoms with Gasteiger partial charge in [0, 0.05) is 7.05 Å². The molecular formula is C8H15N5O2. The molecule has 1 N–H and O–H groups in total. The number of aryl methyl sites for hydroxylation is 1. The fourth-order valence-corrected chi connectivity index (χ4v) is 1.12. The molecule has 0 aromatic carbocycles. The molecule has 0 saturated heterocycles. The van der Waals surface area contributed by atoms with Crippen molar-refractivity contribution < 1.29 is 9.53 Å². The van der Waals surface area contributed by atoms with Crippen molar-refractivity contribution in [3.8, 4) is 0 Å². The third-order valence-electron chi connectivity index (χ3n) is 2.03. The zero-order valence-corrected chi connectivity index (χ0v) is 9.26. The largest absolute Gasteiger partial charge is 0.467 e. The van der Waals surface area contributed by atoms with E-state index in [1.54, 1.807) is 7.05 Å². The monoisotopic (exact) mass is 213 g/mol. The van der Waals surface area contributed by atoms with Crippen molar-refractivity contribution in [3.63, 3.8) is 0 Å².